The van der Waals surface area contributed by atoms with Crippen molar-refractivity contribution in [2.75, 3.05) is 6.54 Å². The fourth-order valence-electron chi connectivity index (χ4n) is 0.469. The van der Waals surface area contributed by atoms with Crippen LogP contribution in [0.25, 0.3) is 0 Å². The number of rotatable bonds is 4. The third-order valence-electron chi connectivity index (χ3n) is 0.865. The van der Waals surface area contributed by atoms with Crippen LogP contribution in [-0.4, -0.2) is 17.6 Å². The molecule has 0 aromatic rings. The summed E-state index contributed by atoms with van der Waals surface area (Å²) >= 11 is 0. The van der Waals surface area contributed by atoms with Gasteiger partial charge in [0, 0.05) is 18.3 Å². The van der Waals surface area contributed by atoms with Crippen molar-refractivity contribution in [1.29, 1.82) is 0 Å². The lowest BCUT2D eigenvalue weighted by atomic mass is 10.4. The van der Waals surface area contributed by atoms with Crippen LogP contribution in [0, 0.1) is 0 Å². The molecule has 0 unspecified atom stereocenters. The van der Waals surface area contributed by atoms with Gasteiger partial charge >= 0.3 is 5.97 Å². The molecule has 0 fully saturated rings. The third-order valence-corrected chi connectivity index (χ3v) is 0.865. The van der Waals surface area contributed by atoms with E-state index in [1.54, 1.807) is 13.0 Å². The molecule has 0 amide bonds. The molecule has 0 rings (SSSR count). The van der Waals surface area contributed by atoms with E-state index in [0.717, 1.165) is 6.08 Å². The summed E-state index contributed by atoms with van der Waals surface area (Å²) in [5.74, 6) is -0.936. The molecular formula is C7H11NO2. The molecular weight excluding hydrogens is 130 g/mol. The maximum Gasteiger partial charge on any atom is 0.330 e. The lowest BCUT2D eigenvalue weighted by molar-refractivity contribution is -0.131. The van der Waals surface area contributed by atoms with Crippen LogP contribution < -0.4 is 5.32 Å². The van der Waals surface area contributed by atoms with Gasteiger partial charge in [-0.3, -0.25) is 0 Å². The van der Waals surface area contributed by atoms with Gasteiger partial charge in [0.05, 0.1) is 0 Å². The molecule has 0 aliphatic rings. The molecule has 0 saturated heterocycles. The van der Waals surface area contributed by atoms with Crippen LogP contribution in [0.2, 0.25) is 0 Å². The normalized spacial score (nSPS) is 10.7. The molecule has 0 bridgehead atoms. The van der Waals surface area contributed by atoms with E-state index >= 15 is 0 Å². The fraction of sp³-hybridized carbons (Fsp3) is 0.286. The predicted octanol–water partition coefficient (Wildman–Crippen LogP) is 0.750. The summed E-state index contributed by atoms with van der Waals surface area (Å²) in [6.07, 6.45) is 2.78. The lowest BCUT2D eigenvalue weighted by Gasteiger charge is -1.99. The first-order valence-corrected chi connectivity index (χ1v) is 2.93. The highest BCUT2D eigenvalue weighted by Crippen LogP contribution is 1.84. The molecule has 10 heavy (non-hydrogen) atoms. The molecule has 0 aliphatic carbocycles. The Morgan fingerprint density at radius 3 is 2.80 bits per heavy atom. The number of carboxylic acids is 1. The zero-order chi connectivity index (χ0) is 7.98. The van der Waals surface area contributed by atoms with Gasteiger partial charge in [0.25, 0.3) is 0 Å². The van der Waals surface area contributed by atoms with Gasteiger partial charge in [-0.25, -0.2) is 4.79 Å². The van der Waals surface area contributed by atoms with Crippen molar-refractivity contribution in [2.45, 2.75) is 6.92 Å². The van der Waals surface area contributed by atoms with E-state index in [-0.39, 0.29) is 0 Å². The summed E-state index contributed by atoms with van der Waals surface area (Å²) in [6, 6.07) is 0. The van der Waals surface area contributed by atoms with Crippen LogP contribution in [0.1, 0.15) is 6.92 Å². The maximum absolute atomic E-state index is 10.0. The fourth-order valence-corrected chi connectivity index (χ4v) is 0.469. The Morgan fingerprint density at radius 2 is 2.40 bits per heavy atom. The van der Waals surface area contributed by atoms with E-state index < -0.39 is 5.97 Å². The molecule has 2 N–H and O–H groups in total. The molecule has 0 heterocycles. The average molecular weight is 141 g/mol. The molecule has 56 valence electrons. The van der Waals surface area contributed by atoms with E-state index in [1.807, 2.05) is 0 Å². The summed E-state index contributed by atoms with van der Waals surface area (Å²) in [6.45, 7) is 5.76. The topological polar surface area (TPSA) is 49.3 Å². The first-order valence-electron chi connectivity index (χ1n) is 2.93. The van der Waals surface area contributed by atoms with Gasteiger partial charge in [-0.2, -0.15) is 0 Å². The second kappa shape index (κ2) is 4.61. The molecule has 3 nitrogen and oxygen atoms in total. The molecule has 0 aromatic carbocycles. The van der Waals surface area contributed by atoms with Crippen molar-refractivity contribution in [1.82, 2.24) is 5.32 Å². The second-order valence-electron chi connectivity index (χ2n) is 1.84. The monoisotopic (exact) mass is 141 g/mol. The van der Waals surface area contributed by atoms with Gasteiger partial charge in [-0.15, -0.1) is 6.58 Å². The average Bonchev–Trinajstić information content (AvgIpc) is 1.82. The summed E-state index contributed by atoms with van der Waals surface area (Å²) < 4.78 is 0. The van der Waals surface area contributed by atoms with E-state index in [2.05, 4.69) is 11.9 Å². The van der Waals surface area contributed by atoms with Crippen molar-refractivity contribution in [2.24, 2.45) is 0 Å². The van der Waals surface area contributed by atoms with Crippen molar-refractivity contribution in [3.8, 4) is 0 Å². The Labute approximate surface area is 60.1 Å². The van der Waals surface area contributed by atoms with Gasteiger partial charge in [0.1, 0.15) is 0 Å². The molecule has 0 spiro atoms. The van der Waals surface area contributed by atoms with Crippen LogP contribution in [0.5, 0.6) is 0 Å². The van der Waals surface area contributed by atoms with E-state index in [1.165, 1.54) is 0 Å². The zero-order valence-electron chi connectivity index (χ0n) is 5.92. The Bertz CT molecular complexity index is 161. The Balaban J connectivity index is 3.70. The van der Waals surface area contributed by atoms with Crippen LogP contribution >= 0.6 is 0 Å². The van der Waals surface area contributed by atoms with Crippen LogP contribution in [0.3, 0.4) is 0 Å². The van der Waals surface area contributed by atoms with Gasteiger partial charge < -0.3 is 10.4 Å². The molecule has 0 aromatic heterocycles. The summed E-state index contributed by atoms with van der Waals surface area (Å²) in [4.78, 5) is 10.0. The number of carboxylic acid groups (broad SMARTS) is 1. The molecule has 0 radical (unpaired) electrons. The van der Waals surface area contributed by atoms with Gasteiger partial charge in [-0.05, 0) is 6.92 Å². The number of allylic oxidation sites excluding steroid dienone is 1. The quantitative estimate of drug-likeness (QED) is 0.448. The number of hydrogen-bond donors (Lipinski definition) is 2. The van der Waals surface area contributed by atoms with Gasteiger partial charge in [0.15, 0.2) is 0 Å². The first kappa shape index (κ1) is 8.75. The summed E-state index contributed by atoms with van der Waals surface area (Å²) in [5.41, 5.74) is 0.632. The molecule has 0 aliphatic heterocycles. The Hall–Kier alpha value is -1.25. The highest BCUT2D eigenvalue weighted by atomic mass is 16.4. The van der Waals surface area contributed by atoms with E-state index in [9.17, 15) is 4.79 Å². The largest absolute Gasteiger partial charge is 0.478 e. The minimum Gasteiger partial charge on any atom is -0.478 e. The van der Waals surface area contributed by atoms with E-state index in [0.29, 0.717) is 12.2 Å². The Morgan fingerprint density at radius 1 is 1.80 bits per heavy atom. The minimum atomic E-state index is -0.936. The number of aliphatic carboxylic acids is 1. The van der Waals surface area contributed by atoms with Crippen molar-refractivity contribution < 1.29 is 9.90 Å². The SMILES string of the molecule is C=CCNC(C)=CC(=O)O. The zero-order valence-corrected chi connectivity index (χ0v) is 5.92. The second-order valence-corrected chi connectivity index (χ2v) is 1.84. The smallest absolute Gasteiger partial charge is 0.330 e. The van der Waals surface area contributed by atoms with E-state index in [4.69, 9.17) is 5.11 Å². The van der Waals surface area contributed by atoms with Crippen LogP contribution in [-0.2, 0) is 4.79 Å². The molecule has 3 heteroatoms. The van der Waals surface area contributed by atoms with Gasteiger partial charge in [0.2, 0.25) is 0 Å². The molecule has 0 atom stereocenters. The van der Waals surface area contributed by atoms with Crippen molar-refractivity contribution >= 4 is 5.97 Å². The van der Waals surface area contributed by atoms with Crippen molar-refractivity contribution in [3.63, 3.8) is 0 Å². The predicted molar refractivity (Wildman–Crippen MR) is 39.6 cm³/mol. The lowest BCUT2D eigenvalue weighted by Crippen LogP contribution is -2.11. The standard InChI is InChI=1S/C7H11NO2/c1-3-4-8-6(2)5-7(9)10/h3,5,8H,1,4H2,2H3,(H,9,10). The maximum atomic E-state index is 10.0. The first-order chi connectivity index (χ1) is 4.66. The molecule has 0 saturated carbocycles. The van der Waals surface area contributed by atoms with Crippen LogP contribution in [0.15, 0.2) is 24.4 Å². The number of nitrogens with one attached hydrogen (secondary N) is 1. The summed E-state index contributed by atoms with van der Waals surface area (Å²) in [5, 5.41) is 11.1. The highest BCUT2D eigenvalue weighted by molar-refractivity contribution is 5.80. The number of hydrogen-bond acceptors (Lipinski definition) is 2. The van der Waals surface area contributed by atoms with Crippen molar-refractivity contribution in [3.05, 3.63) is 24.4 Å². The highest BCUT2D eigenvalue weighted by Gasteiger charge is 1.89. The van der Waals surface area contributed by atoms with Crippen LogP contribution in [0.4, 0.5) is 0 Å². The summed E-state index contributed by atoms with van der Waals surface area (Å²) in [7, 11) is 0. The third kappa shape index (κ3) is 4.90. The number of carbonyl (C=O) groups is 1. The minimum absolute atomic E-state index is 0.593. The Kier molecular flexibility index (Phi) is 4.04. The van der Waals surface area contributed by atoms with Gasteiger partial charge in [-0.1, -0.05) is 6.08 Å².